The van der Waals surface area contributed by atoms with Gasteiger partial charge in [-0.3, -0.25) is 4.79 Å². The molecule has 176 valence electrons. The van der Waals surface area contributed by atoms with E-state index in [4.69, 9.17) is 0 Å². The Labute approximate surface area is 197 Å². The summed E-state index contributed by atoms with van der Waals surface area (Å²) in [6.07, 6.45) is 3.06. The third-order valence-electron chi connectivity index (χ3n) is 6.38. The molecule has 1 amide bonds. The summed E-state index contributed by atoms with van der Waals surface area (Å²) < 4.78 is 43.9. The van der Waals surface area contributed by atoms with Gasteiger partial charge in [-0.05, 0) is 63.1 Å². The van der Waals surface area contributed by atoms with E-state index in [9.17, 15) is 17.6 Å². The van der Waals surface area contributed by atoms with E-state index in [1.807, 2.05) is 13.8 Å². The molecular weight excluding hydrogens is 457 g/mol. The highest BCUT2D eigenvalue weighted by Crippen LogP contribution is 2.31. The van der Waals surface area contributed by atoms with Gasteiger partial charge in [-0.15, -0.1) is 4.40 Å². The first-order chi connectivity index (χ1) is 16.3. The van der Waals surface area contributed by atoms with Crippen LogP contribution in [0.3, 0.4) is 0 Å². The maximum Gasteiger partial charge on any atom is 0.285 e. The minimum absolute atomic E-state index is 0.174. The van der Waals surface area contributed by atoms with Crippen LogP contribution in [0.5, 0.6) is 0 Å². The third kappa shape index (κ3) is 3.77. The Morgan fingerprint density at radius 1 is 1.18 bits per heavy atom. The number of carbonyl (C=O) groups excluding carboxylic acids is 1. The number of rotatable bonds is 4. The van der Waals surface area contributed by atoms with Crippen molar-refractivity contribution in [3.63, 3.8) is 0 Å². The van der Waals surface area contributed by atoms with E-state index in [2.05, 4.69) is 14.8 Å². The lowest BCUT2D eigenvalue weighted by atomic mass is 10.1. The lowest BCUT2D eigenvalue weighted by molar-refractivity contribution is -0.125. The Morgan fingerprint density at radius 2 is 1.91 bits per heavy atom. The summed E-state index contributed by atoms with van der Waals surface area (Å²) in [5.41, 5.74) is 2.94. The molecule has 2 aliphatic heterocycles. The van der Waals surface area contributed by atoms with Crippen molar-refractivity contribution in [2.45, 2.75) is 43.7 Å². The van der Waals surface area contributed by atoms with Gasteiger partial charge in [-0.2, -0.15) is 13.5 Å². The fourth-order valence-electron chi connectivity index (χ4n) is 4.67. The molecule has 5 rings (SSSR count). The molecule has 1 unspecified atom stereocenters. The van der Waals surface area contributed by atoms with Crippen LogP contribution in [-0.2, 0) is 14.8 Å². The summed E-state index contributed by atoms with van der Waals surface area (Å²) in [7, 11) is -3.76. The van der Waals surface area contributed by atoms with Gasteiger partial charge < -0.3 is 10.2 Å². The van der Waals surface area contributed by atoms with E-state index < -0.39 is 16.1 Å². The fourth-order valence-corrected chi connectivity index (χ4v) is 5.88. The second-order valence-corrected chi connectivity index (χ2v) is 10.1. The molecule has 0 aliphatic carbocycles. The Hall–Kier alpha value is -3.53. The molecule has 2 aromatic carbocycles. The van der Waals surface area contributed by atoms with Crippen molar-refractivity contribution in [3.8, 4) is 5.69 Å². The number of aromatic nitrogens is 2. The van der Waals surface area contributed by atoms with E-state index >= 15 is 0 Å². The number of amides is 1. The number of halogens is 1. The van der Waals surface area contributed by atoms with Crippen LogP contribution in [0.4, 0.5) is 4.39 Å². The van der Waals surface area contributed by atoms with Gasteiger partial charge >= 0.3 is 0 Å². The van der Waals surface area contributed by atoms with Gasteiger partial charge in [-0.1, -0.05) is 12.1 Å². The van der Waals surface area contributed by atoms with Gasteiger partial charge in [0.2, 0.25) is 5.91 Å². The molecule has 1 saturated heterocycles. The van der Waals surface area contributed by atoms with Gasteiger partial charge in [0.15, 0.2) is 5.84 Å². The Balaban J connectivity index is 1.35. The monoisotopic (exact) mass is 481 g/mol. The quantitative estimate of drug-likeness (QED) is 0.618. The van der Waals surface area contributed by atoms with Gasteiger partial charge in [0.05, 0.1) is 17.9 Å². The molecule has 2 aliphatic rings. The number of nitrogens with one attached hydrogen (secondary N) is 1. The number of hydrogen-bond acceptors (Lipinski definition) is 5. The van der Waals surface area contributed by atoms with Crippen molar-refractivity contribution in [1.82, 2.24) is 20.0 Å². The van der Waals surface area contributed by atoms with Crippen LogP contribution in [0.2, 0.25) is 0 Å². The minimum atomic E-state index is -3.76. The first-order valence-corrected chi connectivity index (χ1v) is 12.5. The number of fused-ring (bicyclic) bond motifs is 1. The zero-order valence-electron chi connectivity index (χ0n) is 18.8. The number of carbonyl (C=O) groups is 1. The summed E-state index contributed by atoms with van der Waals surface area (Å²) in [4.78, 5) is 15.2. The molecule has 3 heterocycles. The van der Waals surface area contributed by atoms with Crippen LogP contribution in [-0.4, -0.2) is 47.4 Å². The first-order valence-electron chi connectivity index (χ1n) is 11.1. The van der Waals surface area contributed by atoms with Crippen LogP contribution < -0.4 is 5.32 Å². The van der Waals surface area contributed by atoms with Crippen molar-refractivity contribution >= 4 is 21.8 Å². The highest BCUT2D eigenvalue weighted by molar-refractivity contribution is 7.90. The van der Waals surface area contributed by atoms with Crippen molar-refractivity contribution in [1.29, 1.82) is 0 Å². The smallest absolute Gasteiger partial charge is 0.285 e. The largest absolute Gasteiger partial charge is 0.348 e. The highest BCUT2D eigenvalue weighted by Gasteiger charge is 2.39. The number of likely N-dealkylation sites (tertiary alicyclic amines) is 1. The van der Waals surface area contributed by atoms with Crippen LogP contribution >= 0.6 is 0 Å². The van der Waals surface area contributed by atoms with Crippen molar-refractivity contribution in [2.24, 2.45) is 4.40 Å². The molecule has 0 spiro atoms. The lowest BCUT2D eigenvalue weighted by Gasteiger charge is -2.27. The maximum atomic E-state index is 13.3. The molecule has 1 fully saturated rings. The van der Waals surface area contributed by atoms with E-state index in [0.717, 1.165) is 23.4 Å². The second-order valence-electron chi connectivity index (χ2n) is 8.54. The zero-order valence-corrected chi connectivity index (χ0v) is 19.6. The average Bonchev–Trinajstić information content (AvgIpc) is 3.51. The summed E-state index contributed by atoms with van der Waals surface area (Å²) in [6, 6.07) is 11.9. The summed E-state index contributed by atoms with van der Waals surface area (Å²) in [6.45, 7) is 4.32. The average molecular weight is 482 g/mol. The zero-order chi connectivity index (χ0) is 24.0. The topological polar surface area (TPSA) is 96.7 Å². The Kier molecular flexibility index (Phi) is 5.47. The van der Waals surface area contributed by atoms with Crippen molar-refractivity contribution in [3.05, 3.63) is 77.4 Å². The summed E-state index contributed by atoms with van der Waals surface area (Å²) >= 11 is 0. The fraction of sp³-hybridized carbons (Fsp3) is 0.292. The molecule has 1 aromatic heterocycles. The minimum Gasteiger partial charge on any atom is -0.348 e. The molecule has 0 saturated carbocycles. The van der Waals surface area contributed by atoms with Gasteiger partial charge in [-0.25, -0.2) is 9.07 Å². The van der Waals surface area contributed by atoms with Crippen LogP contribution in [0.25, 0.3) is 5.69 Å². The molecule has 3 aromatic rings. The molecular formula is C24H24FN5O3S. The van der Waals surface area contributed by atoms with Gasteiger partial charge in [0.25, 0.3) is 10.0 Å². The molecule has 1 N–H and O–H groups in total. The van der Waals surface area contributed by atoms with Crippen molar-refractivity contribution < 1.29 is 17.6 Å². The normalized spacial score (nSPS) is 19.6. The van der Waals surface area contributed by atoms with E-state index in [1.54, 1.807) is 46.1 Å². The number of sulfonamides is 1. The molecule has 10 heteroatoms. The van der Waals surface area contributed by atoms with E-state index in [1.165, 1.54) is 18.2 Å². The van der Waals surface area contributed by atoms with Crippen molar-refractivity contribution in [2.75, 3.05) is 6.54 Å². The maximum absolute atomic E-state index is 13.3. The van der Waals surface area contributed by atoms with Crippen LogP contribution in [0.1, 0.15) is 42.6 Å². The SMILES string of the molecule is Cc1c(C(C)NC(=O)[C@@H]2CCCN2C2=NS(=O)(=O)c3ccccc32)cnn1-c1ccc(F)cc1. The highest BCUT2D eigenvalue weighted by atomic mass is 32.2. The lowest BCUT2D eigenvalue weighted by Crippen LogP contribution is -2.46. The molecule has 2 atom stereocenters. The Bertz CT molecular complexity index is 1400. The Morgan fingerprint density at radius 3 is 2.68 bits per heavy atom. The summed E-state index contributed by atoms with van der Waals surface area (Å²) in [5.74, 6) is -0.178. The third-order valence-corrected chi connectivity index (χ3v) is 7.71. The van der Waals surface area contributed by atoms with E-state index in [0.29, 0.717) is 24.4 Å². The summed E-state index contributed by atoms with van der Waals surface area (Å²) in [5, 5.41) is 7.46. The molecule has 8 nitrogen and oxygen atoms in total. The molecule has 0 radical (unpaired) electrons. The predicted molar refractivity (Wildman–Crippen MR) is 125 cm³/mol. The number of benzene rings is 2. The second kappa shape index (κ2) is 8.35. The first kappa shape index (κ1) is 22.3. The van der Waals surface area contributed by atoms with Crippen LogP contribution in [0.15, 0.2) is 64.0 Å². The predicted octanol–water partition coefficient (Wildman–Crippen LogP) is 3.11. The number of hydrogen-bond donors (Lipinski definition) is 1. The standard InChI is InChI=1S/C24H24FN5O3S/c1-15(20-14-26-30(16(20)2)18-11-9-17(25)10-12-18)27-24(31)21-7-5-13-29(21)23-19-6-3-4-8-22(19)34(32,33)28-23/h3-4,6,8-12,14-15,21H,5,7,13H2,1-2H3,(H,27,31)/t15?,21-/m0/s1. The molecule has 0 bridgehead atoms. The van der Waals surface area contributed by atoms with E-state index in [-0.39, 0.29) is 22.7 Å². The number of nitrogens with zero attached hydrogens (tertiary/aromatic N) is 4. The molecule has 34 heavy (non-hydrogen) atoms. The van der Waals surface area contributed by atoms with Gasteiger partial charge in [0, 0.05) is 23.4 Å². The van der Waals surface area contributed by atoms with Crippen LogP contribution in [0, 0.1) is 12.7 Å². The van der Waals surface area contributed by atoms with Gasteiger partial charge in [0.1, 0.15) is 16.8 Å². The number of amidine groups is 1.